The van der Waals surface area contributed by atoms with E-state index in [-0.39, 0.29) is 5.69 Å². The minimum atomic E-state index is -3.79. The van der Waals surface area contributed by atoms with Gasteiger partial charge in [0.25, 0.3) is 0 Å². The monoisotopic (exact) mass is 245 g/mol. The molecule has 1 N–H and O–H groups in total. The number of sulfonamides is 1. The second-order valence-corrected chi connectivity index (χ2v) is 4.73. The number of rotatable bonds is 3. The number of amides is 1. The summed E-state index contributed by atoms with van der Waals surface area (Å²) in [7, 11) is -3.79. The van der Waals surface area contributed by atoms with E-state index in [2.05, 4.69) is 4.74 Å². The molecule has 0 unspecified atom stereocenters. The van der Waals surface area contributed by atoms with Gasteiger partial charge >= 0.3 is 6.09 Å². The first kappa shape index (κ1) is 12.5. The molecule has 1 aromatic rings. The summed E-state index contributed by atoms with van der Waals surface area (Å²) in [6.07, 6.45) is -0.269. The van der Waals surface area contributed by atoms with E-state index in [1.165, 1.54) is 12.1 Å². The number of carbonyl (C=O) groups excluding carboxylic acids is 1. The Morgan fingerprint density at radius 1 is 1.38 bits per heavy atom. The number of aliphatic hydroxyl groups excluding tert-OH is 1. The van der Waals surface area contributed by atoms with Crippen molar-refractivity contribution in [2.24, 2.45) is 0 Å². The molecule has 0 heterocycles. The van der Waals surface area contributed by atoms with E-state index in [0.717, 1.165) is 6.26 Å². The average molecular weight is 245 g/mol. The summed E-state index contributed by atoms with van der Waals surface area (Å²) in [5.41, 5.74) is 0.156. The molecule has 0 aliphatic rings. The Labute approximate surface area is 93.1 Å². The summed E-state index contributed by atoms with van der Waals surface area (Å²) in [5.74, 6) is 0. The molecule has 0 spiro atoms. The van der Waals surface area contributed by atoms with Crippen molar-refractivity contribution >= 4 is 21.8 Å². The molecule has 16 heavy (non-hydrogen) atoms. The van der Waals surface area contributed by atoms with E-state index in [1.807, 2.05) is 0 Å². The van der Waals surface area contributed by atoms with E-state index >= 15 is 0 Å². The zero-order chi connectivity index (χ0) is 12.2. The molecule has 0 fully saturated rings. The van der Waals surface area contributed by atoms with Gasteiger partial charge in [-0.05, 0) is 12.1 Å². The fourth-order valence-electron chi connectivity index (χ4n) is 1.11. The van der Waals surface area contributed by atoms with Gasteiger partial charge in [-0.25, -0.2) is 13.2 Å². The third-order valence-corrected chi connectivity index (χ3v) is 2.70. The molecule has 7 heteroatoms. The second kappa shape index (κ2) is 4.95. The number of aliphatic hydroxyl groups is 1. The topological polar surface area (TPSA) is 83.9 Å². The Hall–Kier alpha value is -1.60. The third-order valence-electron chi connectivity index (χ3n) is 1.68. The van der Waals surface area contributed by atoms with Gasteiger partial charge in [-0.15, -0.1) is 0 Å². The highest BCUT2D eigenvalue weighted by molar-refractivity contribution is 7.92. The summed E-state index contributed by atoms with van der Waals surface area (Å²) in [6, 6.07) is 7.74. The Bertz CT molecular complexity index is 456. The molecule has 0 radical (unpaired) electrons. The van der Waals surface area contributed by atoms with Gasteiger partial charge in [0, 0.05) is 0 Å². The number of hydrogen-bond acceptors (Lipinski definition) is 5. The van der Waals surface area contributed by atoms with Crippen LogP contribution in [0, 0.1) is 0 Å². The van der Waals surface area contributed by atoms with E-state index in [9.17, 15) is 13.2 Å². The van der Waals surface area contributed by atoms with Crippen molar-refractivity contribution in [1.29, 1.82) is 0 Å². The molecule has 0 saturated carbocycles. The number of nitrogens with zero attached hydrogens (tertiary/aromatic N) is 1. The second-order valence-electron chi connectivity index (χ2n) is 2.90. The average Bonchev–Trinajstić information content (AvgIpc) is 2.17. The summed E-state index contributed by atoms with van der Waals surface area (Å²) in [5, 5.41) is 8.43. The predicted molar refractivity (Wildman–Crippen MR) is 57.3 cm³/mol. The maximum atomic E-state index is 11.4. The summed E-state index contributed by atoms with van der Waals surface area (Å²) in [6.45, 7) is -0.877. The Kier molecular flexibility index (Phi) is 3.86. The van der Waals surface area contributed by atoms with Crippen LogP contribution in [0.25, 0.3) is 0 Å². The molecule has 88 valence electrons. The standard InChI is InChI=1S/C9H11NO5S/c1-16(13,14)10(9(12)15-7-11)8-5-3-2-4-6-8/h2-6,11H,7H2,1H3. The fraction of sp³-hybridized carbons (Fsp3) is 0.222. The zero-order valence-electron chi connectivity index (χ0n) is 8.53. The van der Waals surface area contributed by atoms with Gasteiger partial charge in [-0.3, -0.25) is 0 Å². The summed E-state index contributed by atoms with van der Waals surface area (Å²) >= 11 is 0. The molecule has 0 aliphatic heterocycles. The number of hydrogen-bond donors (Lipinski definition) is 1. The van der Waals surface area contributed by atoms with Crippen LogP contribution in [0.2, 0.25) is 0 Å². The SMILES string of the molecule is CS(=O)(=O)N(C(=O)OCO)c1ccccc1. The lowest BCUT2D eigenvalue weighted by Crippen LogP contribution is -2.36. The van der Waals surface area contributed by atoms with E-state index < -0.39 is 22.9 Å². The number of carbonyl (C=O) groups is 1. The van der Waals surface area contributed by atoms with Crippen LogP contribution in [0.4, 0.5) is 10.5 Å². The van der Waals surface area contributed by atoms with Gasteiger partial charge in [0.1, 0.15) is 0 Å². The molecule has 0 saturated heterocycles. The summed E-state index contributed by atoms with van der Waals surface area (Å²) in [4.78, 5) is 11.4. The third kappa shape index (κ3) is 2.94. The van der Waals surface area contributed by atoms with Crippen LogP contribution in [0.1, 0.15) is 0 Å². The Morgan fingerprint density at radius 2 is 1.94 bits per heavy atom. The van der Waals surface area contributed by atoms with Crippen LogP contribution in [-0.2, 0) is 14.8 Å². The number of ether oxygens (including phenoxy) is 1. The van der Waals surface area contributed by atoms with Crippen LogP contribution in [-0.4, -0.2) is 32.7 Å². The van der Waals surface area contributed by atoms with Crippen LogP contribution in [0.5, 0.6) is 0 Å². The van der Waals surface area contributed by atoms with Crippen molar-refractivity contribution in [2.75, 3.05) is 17.4 Å². The molecular weight excluding hydrogens is 234 g/mol. The van der Waals surface area contributed by atoms with Crippen molar-refractivity contribution in [2.45, 2.75) is 0 Å². The van der Waals surface area contributed by atoms with Crippen LogP contribution >= 0.6 is 0 Å². The molecule has 0 aromatic heterocycles. The summed E-state index contributed by atoms with van der Waals surface area (Å²) < 4.78 is 27.5. The van der Waals surface area contributed by atoms with Gasteiger partial charge in [-0.2, -0.15) is 4.31 Å². The lowest BCUT2D eigenvalue weighted by atomic mass is 10.3. The highest BCUT2D eigenvalue weighted by Crippen LogP contribution is 2.17. The van der Waals surface area contributed by atoms with Gasteiger partial charge in [0.05, 0.1) is 11.9 Å². The van der Waals surface area contributed by atoms with Gasteiger partial charge in [0.2, 0.25) is 10.0 Å². The van der Waals surface area contributed by atoms with Gasteiger partial charge in [0.15, 0.2) is 6.79 Å². The molecule has 1 rings (SSSR count). The lowest BCUT2D eigenvalue weighted by molar-refractivity contribution is 0.0507. The Balaban J connectivity index is 3.13. The van der Waals surface area contributed by atoms with Crippen LogP contribution in [0.3, 0.4) is 0 Å². The van der Waals surface area contributed by atoms with E-state index in [4.69, 9.17) is 5.11 Å². The highest BCUT2D eigenvalue weighted by Gasteiger charge is 2.26. The van der Waals surface area contributed by atoms with Crippen LogP contribution < -0.4 is 4.31 Å². The minimum Gasteiger partial charge on any atom is -0.421 e. The molecule has 6 nitrogen and oxygen atoms in total. The van der Waals surface area contributed by atoms with E-state index in [0.29, 0.717) is 4.31 Å². The number of benzene rings is 1. The van der Waals surface area contributed by atoms with Crippen molar-refractivity contribution in [3.8, 4) is 0 Å². The lowest BCUT2D eigenvalue weighted by Gasteiger charge is -2.18. The smallest absolute Gasteiger partial charge is 0.421 e. The number of anilines is 1. The molecule has 0 bridgehead atoms. The molecule has 0 atom stereocenters. The highest BCUT2D eigenvalue weighted by atomic mass is 32.2. The fourth-order valence-corrected chi connectivity index (χ4v) is 1.94. The normalized spacial score (nSPS) is 10.9. The Morgan fingerprint density at radius 3 is 2.38 bits per heavy atom. The van der Waals surface area contributed by atoms with Crippen LogP contribution in [0.15, 0.2) is 30.3 Å². The maximum absolute atomic E-state index is 11.4. The first-order valence-electron chi connectivity index (χ1n) is 4.30. The predicted octanol–water partition coefficient (Wildman–Crippen LogP) is 0.539. The van der Waals surface area contributed by atoms with Gasteiger partial charge in [-0.1, -0.05) is 18.2 Å². The van der Waals surface area contributed by atoms with Crippen molar-refractivity contribution in [3.63, 3.8) is 0 Å². The van der Waals surface area contributed by atoms with Gasteiger partial charge < -0.3 is 9.84 Å². The first-order chi connectivity index (χ1) is 7.46. The molecule has 1 aromatic carbocycles. The maximum Gasteiger partial charge on any atom is 0.430 e. The van der Waals surface area contributed by atoms with Crippen molar-refractivity contribution in [1.82, 2.24) is 0 Å². The minimum absolute atomic E-state index is 0.156. The largest absolute Gasteiger partial charge is 0.430 e. The van der Waals surface area contributed by atoms with Crippen molar-refractivity contribution in [3.05, 3.63) is 30.3 Å². The number of para-hydroxylation sites is 1. The molecular formula is C9H11NO5S. The van der Waals surface area contributed by atoms with E-state index in [1.54, 1.807) is 18.2 Å². The quantitative estimate of drug-likeness (QED) is 0.786. The van der Waals surface area contributed by atoms with Crippen molar-refractivity contribution < 1.29 is 23.1 Å². The molecule has 1 amide bonds. The zero-order valence-corrected chi connectivity index (χ0v) is 9.35. The first-order valence-corrected chi connectivity index (χ1v) is 6.14. The molecule has 0 aliphatic carbocycles.